The number of ether oxygens (including phenoxy) is 1. The van der Waals surface area contributed by atoms with Crippen LogP contribution in [0.3, 0.4) is 0 Å². The van der Waals surface area contributed by atoms with Crippen LogP contribution in [-0.4, -0.2) is 27.7 Å². The molecule has 3 heterocycles. The quantitative estimate of drug-likeness (QED) is 0.490. The number of halogens is 2. The standard InChI is InChI=1S/C18H12F2N4O3S/c19-17(20)27-11-5-3-10(4-6-11)14-9-28-18(21-14)22-16(25)13-8-12(23-24-13)15-2-1-7-26-15/h1-9,17H,(H,23,24)(H,21,22,25). The zero-order valence-electron chi connectivity index (χ0n) is 14.1. The fourth-order valence-electron chi connectivity index (χ4n) is 2.43. The summed E-state index contributed by atoms with van der Waals surface area (Å²) in [6.45, 7) is -2.87. The smallest absolute Gasteiger partial charge is 0.387 e. The first-order valence-corrected chi connectivity index (χ1v) is 8.88. The van der Waals surface area contributed by atoms with Gasteiger partial charge in [0.15, 0.2) is 16.6 Å². The van der Waals surface area contributed by atoms with E-state index in [2.05, 4.69) is 25.2 Å². The summed E-state index contributed by atoms with van der Waals surface area (Å²) in [7, 11) is 0. The Morgan fingerprint density at radius 1 is 1.25 bits per heavy atom. The minimum atomic E-state index is -2.87. The van der Waals surface area contributed by atoms with E-state index in [0.29, 0.717) is 27.8 Å². The molecule has 2 N–H and O–H groups in total. The molecular formula is C18H12F2N4O3S. The number of nitrogens with zero attached hydrogens (tertiary/aromatic N) is 2. The highest BCUT2D eigenvalue weighted by Gasteiger charge is 2.15. The van der Waals surface area contributed by atoms with Crippen molar-refractivity contribution in [1.29, 1.82) is 0 Å². The van der Waals surface area contributed by atoms with E-state index in [4.69, 9.17) is 4.42 Å². The number of amides is 1. The average molecular weight is 402 g/mol. The Hall–Kier alpha value is -3.53. The first-order valence-electron chi connectivity index (χ1n) is 8.00. The molecule has 0 aliphatic heterocycles. The SMILES string of the molecule is O=C(Nc1nc(-c2ccc(OC(F)F)cc2)cs1)c1cc(-c2ccco2)[nH]n1. The Labute approximate surface area is 161 Å². The number of alkyl halides is 2. The molecular weight excluding hydrogens is 390 g/mol. The van der Waals surface area contributed by atoms with Crippen LogP contribution < -0.4 is 10.1 Å². The molecule has 7 nitrogen and oxygen atoms in total. The average Bonchev–Trinajstić information content (AvgIpc) is 3.43. The second kappa shape index (κ2) is 7.61. The van der Waals surface area contributed by atoms with Crippen molar-refractivity contribution in [1.82, 2.24) is 15.2 Å². The van der Waals surface area contributed by atoms with Crippen molar-refractivity contribution in [3.05, 3.63) is 59.8 Å². The van der Waals surface area contributed by atoms with E-state index >= 15 is 0 Å². The van der Waals surface area contributed by atoms with Gasteiger partial charge in [0.1, 0.15) is 11.4 Å². The van der Waals surface area contributed by atoms with Gasteiger partial charge in [0.2, 0.25) is 0 Å². The van der Waals surface area contributed by atoms with Crippen molar-refractivity contribution in [3.63, 3.8) is 0 Å². The molecule has 142 valence electrons. The van der Waals surface area contributed by atoms with E-state index in [9.17, 15) is 13.6 Å². The minimum absolute atomic E-state index is 0.0633. The third-order valence-corrected chi connectivity index (χ3v) is 4.45. The van der Waals surface area contributed by atoms with Gasteiger partial charge in [-0.25, -0.2) is 4.98 Å². The van der Waals surface area contributed by atoms with Gasteiger partial charge in [0, 0.05) is 17.0 Å². The van der Waals surface area contributed by atoms with Gasteiger partial charge in [-0.2, -0.15) is 13.9 Å². The lowest BCUT2D eigenvalue weighted by atomic mass is 10.2. The van der Waals surface area contributed by atoms with Gasteiger partial charge in [-0.15, -0.1) is 11.3 Å². The van der Waals surface area contributed by atoms with Gasteiger partial charge in [0.25, 0.3) is 5.91 Å². The molecule has 0 spiro atoms. The Kier molecular flexibility index (Phi) is 4.85. The maximum absolute atomic E-state index is 12.3. The van der Waals surface area contributed by atoms with E-state index in [-0.39, 0.29) is 11.4 Å². The number of aromatic nitrogens is 3. The van der Waals surface area contributed by atoms with E-state index in [1.54, 1.807) is 35.7 Å². The molecule has 3 aromatic heterocycles. The molecule has 0 saturated carbocycles. The summed E-state index contributed by atoms with van der Waals surface area (Å²) in [6.07, 6.45) is 1.53. The Morgan fingerprint density at radius 2 is 2.07 bits per heavy atom. The molecule has 0 saturated heterocycles. The summed E-state index contributed by atoms with van der Waals surface area (Å²) in [5.41, 5.74) is 2.08. The van der Waals surface area contributed by atoms with E-state index < -0.39 is 12.5 Å². The number of carbonyl (C=O) groups excluding carboxylic acids is 1. The number of hydrogen-bond donors (Lipinski definition) is 2. The van der Waals surface area contributed by atoms with Crippen molar-refractivity contribution in [2.24, 2.45) is 0 Å². The Balaban J connectivity index is 1.44. The fraction of sp³-hybridized carbons (Fsp3) is 0.0556. The predicted molar refractivity (Wildman–Crippen MR) is 98.4 cm³/mol. The molecule has 1 amide bonds. The topological polar surface area (TPSA) is 93.0 Å². The molecule has 0 bridgehead atoms. The van der Waals surface area contributed by atoms with Crippen LogP contribution in [0.2, 0.25) is 0 Å². The van der Waals surface area contributed by atoms with Gasteiger partial charge in [0.05, 0.1) is 12.0 Å². The van der Waals surface area contributed by atoms with Crippen molar-refractivity contribution in [2.75, 3.05) is 5.32 Å². The van der Waals surface area contributed by atoms with Crippen LogP contribution in [0.5, 0.6) is 5.75 Å². The monoisotopic (exact) mass is 402 g/mol. The normalized spacial score (nSPS) is 11.0. The molecule has 0 aliphatic rings. The number of furan rings is 1. The maximum atomic E-state index is 12.3. The predicted octanol–water partition coefficient (Wildman–Crippen LogP) is 4.65. The van der Waals surface area contributed by atoms with Crippen molar-refractivity contribution in [3.8, 4) is 28.5 Å². The number of hydrogen-bond acceptors (Lipinski definition) is 6. The van der Waals surface area contributed by atoms with Crippen molar-refractivity contribution >= 4 is 22.4 Å². The number of thiazole rings is 1. The zero-order valence-corrected chi connectivity index (χ0v) is 14.9. The molecule has 0 aliphatic carbocycles. The van der Waals surface area contributed by atoms with Crippen LogP contribution >= 0.6 is 11.3 Å². The number of benzene rings is 1. The second-order valence-electron chi connectivity index (χ2n) is 5.54. The molecule has 4 aromatic rings. The molecule has 1 aromatic carbocycles. The van der Waals surface area contributed by atoms with Crippen LogP contribution in [0.15, 0.2) is 58.5 Å². The lowest BCUT2D eigenvalue weighted by Gasteiger charge is -2.04. The maximum Gasteiger partial charge on any atom is 0.387 e. The third kappa shape index (κ3) is 3.91. The Bertz CT molecular complexity index is 1070. The van der Waals surface area contributed by atoms with Crippen LogP contribution in [0, 0.1) is 0 Å². The van der Waals surface area contributed by atoms with Crippen molar-refractivity contribution < 1.29 is 22.7 Å². The van der Waals surface area contributed by atoms with E-state index in [1.807, 2.05) is 0 Å². The molecule has 28 heavy (non-hydrogen) atoms. The Morgan fingerprint density at radius 3 is 2.79 bits per heavy atom. The fourth-order valence-corrected chi connectivity index (χ4v) is 3.14. The van der Waals surface area contributed by atoms with Crippen LogP contribution in [0.25, 0.3) is 22.7 Å². The van der Waals surface area contributed by atoms with Crippen molar-refractivity contribution in [2.45, 2.75) is 6.61 Å². The van der Waals surface area contributed by atoms with Crippen LogP contribution in [-0.2, 0) is 0 Å². The van der Waals surface area contributed by atoms with Gasteiger partial charge in [-0.05, 0) is 36.4 Å². The molecule has 10 heteroatoms. The number of nitrogens with one attached hydrogen (secondary N) is 2. The largest absolute Gasteiger partial charge is 0.463 e. The van der Waals surface area contributed by atoms with Gasteiger partial charge >= 0.3 is 6.61 Å². The first kappa shape index (κ1) is 17.9. The molecule has 0 fully saturated rings. The minimum Gasteiger partial charge on any atom is -0.463 e. The highest BCUT2D eigenvalue weighted by atomic mass is 32.1. The molecule has 0 atom stereocenters. The summed E-state index contributed by atoms with van der Waals surface area (Å²) < 4.78 is 34.0. The second-order valence-corrected chi connectivity index (χ2v) is 6.40. The summed E-state index contributed by atoms with van der Waals surface area (Å²) in [5, 5.41) is 11.5. The molecule has 0 unspecified atom stereocenters. The summed E-state index contributed by atoms with van der Waals surface area (Å²) in [5.74, 6) is 0.214. The number of aromatic amines is 1. The lowest BCUT2D eigenvalue weighted by Crippen LogP contribution is -2.12. The highest BCUT2D eigenvalue weighted by Crippen LogP contribution is 2.27. The molecule has 4 rings (SSSR count). The zero-order chi connectivity index (χ0) is 19.5. The highest BCUT2D eigenvalue weighted by molar-refractivity contribution is 7.14. The molecule has 0 radical (unpaired) electrons. The van der Waals surface area contributed by atoms with Gasteiger partial charge in [-0.1, -0.05) is 0 Å². The number of H-pyrrole nitrogens is 1. The lowest BCUT2D eigenvalue weighted by molar-refractivity contribution is -0.0498. The summed E-state index contributed by atoms with van der Waals surface area (Å²) >= 11 is 1.24. The first-order chi connectivity index (χ1) is 13.6. The number of rotatable bonds is 6. The van der Waals surface area contributed by atoms with Crippen LogP contribution in [0.1, 0.15) is 10.5 Å². The summed E-state index contributed by atoms with van der Waals surface area (Å²) in [6, 6.07) is 11.1. The van der Waals surface area contributed by atoms with E-state index in [1.165, 1.54) is 29.7 Å². The van der Waals surface area contributed by atoms with Gasteiger partial charge < -0.3 is 9.15 Å². The van der Waals surface area contributed by atoms with Gasteiger partial charge in [-0.3, -0.25) is 15.2 Å². The summed E-state index contributed by atoms with van der Waals surface area (Å²) in [4.78, 5) is 16.7. The number of anilines is 1. The van der Waals surface area contributed by atoms with Crippen LogP contribution in [0.4, 0.5) is 13.9 Å². The van der Waals surface area contributed by atoms with E-state index in [0.717, 1.165) is 0 Å². The number of carbonyl (C=O) groups is 1. The third-order valence-electron chi connectivity index (χ3n) is 3.70.